The third kappa shape index (κ3) is 1.90. The second-order valence-corrected chi connectivity index (χ2v) is 6.58. The largest absolute Gasteiger partial charge is 0.136 e. The van der Waals surface area contributed by atoms with E-state index in [9.17, 15) is 0 Å². The molecule has 1 heteroatoms. The highest BCUT2D eigenvalue weighted by molar-refractivity contribution is 7.17. The Morgan fingerprint density at radius 1 is 1.00 bits per heavy atom. The Bertz CT molecular complexity index is 882. The Labute approximate surface area is 122 Å². The van der Waals surface area contributed by atoms with E-state index in [1.165, 1.54) is 31.0 Å². The Morgan fingerprint density at radius 3 is 2.65 bits per heavy atom. The van der Waals surface area contributed by atoms with Crippen molar-refractivity contribution in [3.63, 3.8) is 0 Å². The Kier molecular flexibility index (Phi) is 2.75. The van der Waals surface area contributed by atoms with Gasteiger partial charge in [0.05, 0.1) is 0 Å². The van der Waals surface area contributed by atoms with Crippen molar-refractivity contribution >= 4 is 33.6 Å². The van der Waals surface area contributed by atoms with Crippen LogP contribution in [0, 0.1) is 6.92 Å². The van der Waals surface area contributed by atoms with Crippen LogP contribution in [0.1, 0.15) is 23.5 Å². The summed E-state index contributed by atoms with van der Waals surface area (Å²) in [6.07, 6.45) is 5.97. The van der Waals surface area contributed by atoms with Gasteiger partial charge >= 0.3 is 0 Å². The molecule has 0 nitrogen and oxygen atoms in total. The highest BCUT2D eigenvalue weighted by Gasteiger charge is 2.12. The molecule has 1 atom stereocenters. The molecule has 1 heterocycles. The number of fused-ring (bicyclic) bond motifs is 3. The van der Waals surface area contributed by atoms with Crippen molar-refractivity contribution in [2.45, 2.75) is 19.3 Å². The molecular weight excluding hydrogens is 260 g/mol. The molecule has 2 aromatic carbocycles. The van der Waals surface area contributed by atoms with Crippen LogP contribution in [0.2, 0.25) is 0 Å². The van der Waals surface area contributed by atoms with Crippen LogP contribution in [0.25, 0.3) is 22.2 Å². The molecule has 0 fully saturated rings. The van der Waals surface area contributed by atoms with Gasteiger partial charge < -0.3 is 0 Å². The van der Waals surface area contributed by atoms with Crippen LogP contribution in [0.5, 0.6) is 0 Å². The van der Waals surface area contributed by atoms with Crippen LogP contribution in [0.3, 0.4) is 0 Å². The van der Waals surface area contributed by atoms with E-state index in [0.29, 0.717) is 5.92 Å². The molecule has 0 bridgehead atoms. The molecule has 4 rings (SSSR count). The second kappa shape index (κ2) is 4.60. The van der Waals surface area contributed by atoms with Gasteiger partial charge in [-0.05, 0) is 35.6 Å². The lowest BCUT2D eigenvalue weighted by Gasteiger charge is -2.13. The molecule has 98 valence electrons. The predicted octanol–water partition coefficient (Wildman–Crippen LogP) is 3.96. The molecule has 1 aliphatic carbocycles. The van der Waals surface area contributed by atoms with Gasteiger partial charge in [0, 0.05) is 15.2 Å². The summed E-state index contributed by atoms with van der Waals surface area (Å²) in [6.45, 7) is 2.14. The molecule has 1 unspecified atom stereocenters. The lowest BCUT2D eigenvalue weighted by Crippen LogP contribution is -2.23. The Morgan fingerprint density at radius 2 is 1.80 bits per heavy atom. The van der Waals surface area contributed by atoms with Gasteiger partial charge in [0.1, 0.15) is 0 Å². The fourth-order valence-electron chi connectivity index (χ4n) is 2.96. The monoisotopic (exact) mass is 276 g/mol. The minimum absolute atomic E-state index is 0.524. The van der Waals surface area contributed by atoms with Crippen LogP contribution < -0.4 is 9.75 Å². The van der Waals surface area contributed by atoms with Crippen molar-refractivity contribution in [3.8, 4) is 0 Å². The van der Waals surface area contributed by atoms with E-state index in [4.69, 9.17) is 0 Å². The molecule has 1 aromatic heterocycles. The molecule has 0 amide bonds. The van der Waals surface area contributed by atoms with Crippen LogP contribution in [-0.2, 0) is 0 Å². The summed E-state index contributed by atoms with van der Waals surface area (Å²) < 4.78 is 2.83. The van der Waals surface area contributed by atoms with Crippen molar-refractivity contribution in [1.82, 2.24) is 0 Å². The first-order valence-electron chi connectivity index (χ1n) is 7.07. The first-order chi connectivity index (χ1) is 9.81. The highest BCUT2D eigenvalue weighted by atomic mass is 32.1. The number of aryl methyl sites for hydroxylation is 1. The molecule has 0 saturated heterocycles. The lowest BCUT2D eigenvalue weighted by atomic mass is 9.92. The van der Waals surface area contributed by atoms with Crippen molar-refractivity contribution in [1.29, 1.82) is 0 Å². The summed E-state index contributed by atoms with van der Waals surface area (Å²) in [5.41, 5.74) is 2.76. The number of hydrogen-bond donors (Lipinski definition) is 0. The SMILES string of the molecule is Cc1ccc(C2C=c3sc4ccccc4c3=CC2)cc1. The van der Waals surface area contributed by atoms with Gasteiger partial charge in [-0.2, -0.15) is 0 Å². The average molecular weight is 276 g/mol. The molecule has 0 saturated carbocycles. The van der Waals surface area contributed by atoms with Gasteiger partial charge in [-0.25, -0.2) is 0 Å². The summed E-state index contributed by atoms with van der Waals surface area (Å²) in [5, 5.41) is 2.85. The van der Waals surface area contributed by atoms with E-state index >= 15 is 0 Å². The maximum absolute atomic E-state index is 2.45. The zero-order valence-corrected chi connectivity index (χ0v) is 12.3. The third-order valence-electron chi connectivity index (χ3n) is 4.10. The van der Waals surface area contributed by atoms with Gasteiger partial charge in [0.25, 0.3) is 0 Å². The first-order valence-corrected chi connectivity index (χ1v) is 7.89. The Balaban J connectivity index is 1.87. The molecular formula is C19H16S. The second-order valence-electron chi connectivity index (χ2n) is 5.50. The normalized spacial score (nSPS) is 17.4. The first kappa shape index (κ1) is 11.9. The minimum atomic E-state index is 0.524. The zero-order chi connectivity index (χ0) is 13.5. The molecule has 20 heavy (non-hydrogen) atoms. The molecule has 0 radical (unpaired) electrons. The van der Waals surface area contributed by atoms with Crippen molar-refractivity contribution < 1.29 is 0 Å². The molecule has 0 aliphatic heterocycles. The molecule has 0 spiro atoms. The number of benzene rings is 2. The maximum Gasteiger partial charge on any atom is 0.0355 e. The summed E-state index contributed by atoms with van der Waals surface area (Å²) in [6, 6.07) is 17.7. The van der Waals surface area contributed by atoms with Gasteiger partial charge in [-0.15, -0.1) is 11.3 Å². The predicted molar refractivity (Wildman–Crippen MR) is 88.5 cm³/mol. The zero-order valence-electron chi connectivity index (χ0n) is 11.5. The van der Waals surface area contributed by atoms with Crippen LogP contribution in [0.15, 0.2) is 48.5 Å². The van der Waals surface area contributed by atoms with E-state index in [0.717, 1.165) is 6.42 Å². The van der Waals surface area contributed by atoms with E-state index in [1.807, 2.05) is 11.3 Å². The van der Waals surface area contributed by atoms with E-state index < -0.39 is 0 Å². The van der Waals surface area contributed by atoms with Crippen LogP contribution >= 0.6 is 11.3 Å². The standard InChI is InChI=1S/C19H16S/c1-13-6-8-14(9-7-13)15-10-11-17-16-4-2-3-5-18(16)20-19(17)12-15/h2-9,11-12,15H,10H2,1H3. The summed E-state index contributed by atoms with van der Waals surface area (Å²) in [7, 11) is 0. The van der Waals surface area contributed by atoms with Crippen molar-refractivity contribution in [3.05, 3.63) is 69.4 Å². The van der Waals surface area contributed by atoms with E-state index in [2.05, 4.69) is 67.6 Å². The molecule has 1 aliphatic rings. The quantitative estimate of drug-likeness (QED) is 0.631. The van der Waals surface area contributed by atoms with Crippen molar-refractivity contribution in [2.75, 3.05) is 0 Å². The van der Waals surface area contributed by atoms with E-state index in [-0.39, 0.29) is 0 Å². The van der Waals surface area contributed by atoms with Crippen LogP contribution in [0.4, 0.5) is 0 Å². The minimum Gasteiger partial charge on any atom is -0.136 e. The lowest BCUT2D eigenvalue weighted by molar-refractivity contribution is 0.925. The van der Waals surface area contributed by atoms with Gasteiger partial charge in [0.2, 0.25) is 0 Å². The summed E-state index contributed by atoms with van der Waals surface area (Å²) >= 11 is 1.91. The topological polar surface area (TPSA) is 0 Å². The molecule has 0 N–H and O–H groups in total. The van der Waals surface area contributed by atoms with Crippen LogP contribution in [-0.4, -0.2) is 0 Å². The van der Waals surface area contributed by atoms with Crippen molar-refractivity contribution in [2.24, 2.45) is 0 Å². The number of hydrogen-bond acceptors (Lipinski definition) is 1. The number of rotatable bonds is 1. The van der Waals surface area contributed by atoms with Gasteiger partial charge in [-0.1, -0.05) is 60.2 Å². The third-order valence-corrected chi connectivity index (χ3v) is 5.25. The fraction of sp³-hybridized carbons (Fsp3) is 0.158. The fourth-order valence-corrected chi connectivity index (χ4v) is 4.17. The van der Waals surface area contributed by atoms with Gasteiger partial charge in [0.15, 0.2) is 0 Å². The summed E-state index contributed by atoms with van der Waals surface area (Å²) in [4.78, 5) is 0. The Hall–Kier alpha value is -1.86. The smallest absolute Gasteiger partial charge is 0.0355 e. The average Bonchev–Trinajstić information content (AvgIpc) is 2.85. The maximum atomic E-state index is 2.45. The number of thiophene rings is 1. The van der Waals surface area contributed by atoms with E-state index in [1.54, 1.807) is 0 Å². The molecule has 3 aromatic rings. The van der Waals surface area contributed by atoms with Gasteiger partial charge in [-0.3, -0.25) is 0 Å². The highest BCUT2D eigenvalue weighted by Crippen LogP contribution is 2.25. The summed E-state index contributed by atoms with van der Waals surface area (Å²) in [5.74, 6) is 0.524.